The Morgan fingerprint density at radius 1 is 1.06 bits per heavy atom. The predicted molar refractivity (Wildman–Crippen MR) is 140 cm³/mol. The van der Waals surface area contributed by atoms with Crippen molar-refractivity contribution >= 4 is 50.9 Å². The van der Waals surface area contributed by atoms with Gasteiger partial charge in [-0.25, -0.2) is 0 Å². The quantitative estimate of drug-likeness (QED) is 0.317. The minimum Gasteiger partial charge on any atom is -0.321 e. The topological polar surface area (TPSA) is 73.2 Å². The molecule has 0 radical (unpaired) electrons. The number of amides is 2. The molecule has 0 aliphatic carbocycles. The van der Waals surface area contributed by atoms with Crippen LogP contribution in [0.3, 0.4) is 0 Å². The number of rotatable bonds is 5. The molecule has 0 aromatic heterocycles. The van der Waals surface area contributed by atoms with Crippen molar-refractivity contribution in [1.29, 1.82) is 5.26 Å². The standard InChI is InChI=1S/C27H22BrN3O2S/c1-17-8-13-22(14-18(17)2)31-26(33)24(15-19-9-11-20(28)12-10-19)34-27(31)23(16-29)25(32)30-21-6-4-3-5-7-21/h3-14,24H,15H2,1-2H3,(H,30,32)/b27-23-. The first-order valence-electron chi connectivity index (χ1n) is 10.7. The van der Waals surface area contributed by atoms with Gasteiger partial charge in [-0.3, -0.25) is 14.5 Å². The Balaban J connectivity index is 1.74. The van der Waals surface area contributed by atoms with E-state index in [1.807, 2.05) is 68.4 Å². The van der Waals surface area contributed by atoms with Crippen molar-refractivity contribution in [2.24, 2.45) is 0 Å². The van der Waals surface area contributed by atoms with Gasteiger partial charge in [0.25, 0.3) is 5.91 Å². The van der Waals surface area contributed by atoms with Crippen LogP contribution < -0.4 is 10.2 Å². The summed E-state index contributed by atoms with van der Waals surface area (Å²) in [7, 11) is 0. The Morgan fingerprint density at radius 3 is 2.41 bits per heavy atom. The molecule has 0 spiro atoms. The number of carbonyl (C=O) groups is 2. The molecule has 1 N–H and O–H groups in total. The first-order valence-corrected chi connectivity index (χ1v) is 12.4. The molecule has 7 heteroatoms. The molecule has 3 aromatic carbocycles. The number of benzene rings is 3. The predicted octanol–water partition coefficient (Wildman–Crippen LogP) is 6.13. The lowest BCUT2D eigenvalue weighted by Gasteiger charge is -2.20. The number of carbonyl (C=O) groups excluding carboxylic acids is 2. The molecule has 4 rings (SSSR count). The van der Waals surface area contributed by atoms with E-state index in [4.69, 9.17) is 0 Å². The van der Waals surface area contributed by atoms with Gasteiger partial charge in [0.15, 0.2) is 0 Å². The van der Waals surface area contributed by atoms with Gasteiger partial charge in [-0.15, -0.1) is 0 Å². The zero-order valence-corrected chi connectivity index (χ0v) is 21.1. The van der Waals surface area contributed by atoms with E-state index >= 15 is 0 Å². The SMILES string of the molecule is Cc1ccc(N2C(=O)C(Cc3ccc(Br)cc3)S/C2=C(/C#N)C(=O)Nc2ccccc2)cc1C. The molecule has 1 atom stereocenters. The van der Waals surface area contributed by atoms with Gasteiger partial charge in [0.2, 0.25) is 5.91 Å². The average molecular weight is 532 g/mol. The van der Waals surface area contributed by atoms with Crippen LogP contribution in [0.1, 0.15) is 16.7 Å². The summed E-state index contributed by atoms with van der Waals surface area (Å²) in [5.41, 5.74) is 4.27. The third-order valence-electron chi connectivity index (χ3n) is 5.62. The molecule has 1 aliphatic heterocycles. The highest BCUT2D eigenvalue weighted by atomic mass is 79.9. The molecule has 1 saturated heterocycles. The number of anilines is 2. The summed E-state index contributed by atoms with van der Waals surface area (Å²) in [6, 6.07) is 24.5. The maximum absolute atomic E-state index is 13.6. The third-order valence-corrected chi connectivity index (χ3v) is 7.41. The van der Waals surface area contributed by atoms with E-state index in [0.717, 1.165) is 21.2 Å². The monoisotopic (exact) mass is 531 g/mol. The molecule has 0 saturated carbocycles. The fourth-order valence-electron chi connectivity index (χ4n) is 3.64. The molecule has 3 aromatic rings. The van der Waals surface area contributed by atoms with Crippen LogP contribution in [0.15, 0.2) is 87.9 Å². The maximum Gasteiger partial charge on any atom is 0.269 e. The Hall–Kier alpha value is -3.34. The fourth-order valence-corrected chi connectivity index (χ4v) is 5.21. The maximum atomic E-state index is 13.6. The van der Waals surface area contributed by atoms with Crippen LogP contribution in [0.5, 0.6) is 0 Å². The van der Waals surface area contributed by atoms with E-state index in [1.165, 1.54) is 16.7 Å². The normalized spacial score (nSPS) is 16.8. The van der Waals surface area contributed by atoms with Crippen LogP contribution in [-0.2, 0) is 16.0 Å². The lowest BCUT2D eigenvalue weighted by Crippen LogP contribution is -2.31. The van der Waals surface area contributed by atoms with Crippen LogP contribution in [-0.4, -0.2) is 17.1 Å². The molecule has 1 aliphatic rings. The fraction of sp³-hybridized carbons (Fsp3) is 0.148. The second-order valence-electron chi connectivity index (χ2n) is 7.99. The van der Waals surface area contributed by atoms with Gasteiger partial charge in [-0.1, -0.05) is 64.1 Å². The third kappa shape index (κ3) is 5.09. The first kappa shape index (κ1) is 23.8. The average Bonchev–Trinajstić information content (AvgIpc) is 3.14. The number of thioether (sulfide) groups is 1. The highest BCUT2D eigenvalue weighted by molar-refractivity contribution is 9.10. The van der Waals surface area contributed by atoms with Crippen molar-refractivity contribution in [3.63, 3.8) is 0 Å². The summed E-state index contributed by atoms with van der Waals surface area (Å²) in [6.45, 7) is 3.98. The Kier molecular flexibility index (Phi) is 7.20. The minimum atomic E-state index is -0.540. The molecular formula is C27H22BrN3O2S. The van der Waals surface area contributed by atoms with Crippen LogP contribution in [0.25, 0.3) is 0 Å². The van der Waals surface area contributed by atoms with E-state index in [0.29, 0.717) is 22.8 Å². The molecule has 5 nitrogen and oxygen atoms in total. The Morgan fingerprint density at radius 2 is 1.76 bits per heavy atom. The van der Waals surface area contributed by atoms with Gasteiger partial charge in [-0.05, 0) is 73.4 Å². The molecule has 2 amide bonds. The second kappa shape index (κ2) is 10.3. The van der Waals surface area contributed by atoms with Crippen LogP contribution in [0.4, 0.5) is 11.4 Å². The van der Waals surface area contributed by atoms with Gasteiger partial charge in [0.1, 0.15) is 16.7 Å². The van der Waals surface area contributed by atoms with Crippen molar-refractivity contribution in [2.45, 2.75) is 25.5 Å². The van der Waals surface area contributed by atoms with Gasteiger partial charge in [0.05, 0.1) is 5.25 Å². The zero-order chi connectivity index (χ0) is 24.2. The number of para-hydroxylation sites is 1. The Bertz CT molecular complexity index is 1310. The number of nitriles is 1. The van der Waals surface area contributed by atoms with Gasteiger partial charge < -0.3 is 5.32 Å². The molecule has 1 unspecified atom stereocenters. The number of aryl methyl sites for hydroxylation is 2. The number of nitrogens with zero attached hydrogens (tertiary/aromatic N) is 2. The number of halogens is 1. The van der Waals surface area contributed by atoms with Gasteiger partial charge >= 0.3 is 0 Å². The van der Waals surface area contributed by atoms with Gasteiger partial charge in [-0.2, -0.15) is 5.26 Å². The lowest BCUT2D eigenvalue weighted by atomic mass is 10.1. The molecule has 1 heterocycles. The lowest BCUT2D eigenvalue weighted by molar-refractivity contribution is -0.117. The summed E-state index contributed by atoms with van der Waals surface area (Å²) in [5.74, 6) is -0.687. The van der Waals surface area contributed by atoms with Crippen molar-refractivity contribution in [2.75, 3.05) is 10.2 Å². The van der Waals surface area contributed by atoms with Crippen molar-refractivity contribution in [1.82, 2.24) is 0 Å². The number of hydrogen-bond donors (Lipinski definition) is 1. The van der Waals surface area contributed by atoms with Crippen LogP contribution in [0.2, 0.25) is 0 Å². The summed E-state index contributed by atoms with van der Waals surface area (Å²) in [6.07, 6.45) is 0.487. The Labute approximate surface area is 211 Å². The highest BCUT2D eigenvalue weighted by Gasteiger charge is 2.40. The van der Waals surface area contributed by atoms with Crippen molar-refractivity contribution in [3.8, 4) is 6.07 Å². The van der Waals surface area contributed by atoms with E-state index in [1.54, 1.807) is 24.3 Å². The van der Waals surface area contributed by atoms with E-state index < -0.39 is 11.2 Å². The summed E-state index contributed by atoms with van der Waals surface area (Å²) < 4.78 is 0.961. The first-order chi connectivity index (χ1) is 16.4. The second-order valence-corrected chi connectivity index (χ2v) is 10.1. The van der Waals surface area contributed by atoms with Crippen LogP contribution in [0, 0.1) is 25.2 Å². The molecule has 0 bridgehead atoms. The molecule has 1 fully saturated rings. The van der Waals surface area contributed by atoms with Crippen LogP contribution >= 0.6 is 27.7 Å². The highest BCUT2D eigenvalue weighted by Crippen LogP contribution is 2.42. The minimum absolute atomic E-state index is 0.0845. The number of hydrogen-bond acceptors (Lipinski definition) is 4. The van der Waals surface area contributed by atoms with E-state index in [2.05, 4.69) is 21.2 Å². The number of nitrogens with one attached hydrogen (secondary N) is 1. The summed E-state index contributed by atoms with van der Waals surface area (Å²) in [5, 5.41) is 12.6. The van der Waals surface area contributed by atoms with E-state index in [-0.39, 0.29) is 11.5 Å². The molecule has 170 valence electrons. The largest absolute Gasteiger partial charge is 0.321 e. The summed E-state index contributed by atoms with van der Waals surface area (Å²) >= 11 is 4.70. The van der Waals surface area contributed by atoms with E-state index in [9.17, 15) is 14.9 Å². The zero-order valence-electron chi connectivity index (χ0n) is 18.7. The van der Waals surface area contributed by atoms with Crippen molar-refractivity contribution < 1.29 is 9.59 Å². The molecular weight excluding hydrogens is 510 g/mol. The molecule has 34 heavy (non-hydrogen) atoms. The summed E-state index contributed by atoms with van der Waals surface area (Å²) in [4.78, 5) is 28.2. The van der Waals surface area contributed by atoms with Gasteiger partial charge in [0, 0.05) is 15.8 Å². The smallest absolute Gasteiger partial charge is 0.269 e. The van der Waals surface area contributed by atoms with Crippen molar-refractivity contribution in [3.05, 3.63) is 105 Å².